The number of halogens is 3. The highest BCUT2D eigenvalue weighted by molar-refractivity contribution is 5.85. The van der Waals surface area contributed by atoms with Crippen molar-refractivity contribution >= 4 is 11.0 Å². The van der Waals surface area contributed by atoms with Gasteiger partial charge in [0.2, 0.25) is 0 Å². The molecule has 0 spiro atoms. The van der Waals surface area contributed by atoms with Crippen molar-refractivity contribution in [1.82, 2.24) is 14.8 Å². The molecular weight excluding hydrogens is 307 g/mol. The number of hydrogen-bond donors (Lipinski definition) is 0. The second kappa shape index (κ2) is 5.26. The van der Waals surface area contributed by atoms with Crippen molar-refractivity contribution < 1.29 is 17.9 Å². The minimum atomic E-state index is -4.48. The Bertz CT molecular complexity index is 867. The first kappa shape index (κ1) is 15.3. The Balaban J connectivity index is 2.28. The molecule has 1 aromatic carbocycles. The van der Waals surface area contributed by atoms with Gasteiger partial charge in [-0.3, -0.25) is 4.68 Å². The summed E-state index contributed by atoms with van der Waals surface area (Å²) < 4.78 is 46.7. The number of fused-ring (bicyclic) bond motifs is 1. The highest BCUT2D eigenvalue weighted by Crippen LogP contribution is 2.38. The lowest BCUT2D eigenvalue weighted by Gasteiger charge is -2.11. The molecule has 7 heteroatoms. The second-order valence-electron chi connectivity index (χ2n) is 5.19. The van der Waals surface area contributed by atoms with Gasteiger partial charge in [-0.25, -0.2) is 4.98 Å². The number of hydrogen-bond acceptors (Lipinski definition) is 3. The van der Waals surface area contributed by atoms with Crippen LogP contribution in [-0.2, 0) is 13.2 Å². The summed E-state index contributed by atoms with van der Waals surface area (Å²) in [7, 11) is 3.11. The Kier molecular flexibility index (Phi) is 3.50. The first-order valence-electron chi connectivity index (χ1n) is 6.87. The normalized spacial score (nSPS) is 11.9. The second-order valence-corrected chi connectivity index (χ2v) is 5.19. The molecule has 2 heterocycles. The van der Waals surface area contributed by atoms with Crippen molar-refractivity contribution in [2.75, 3.05) is 7.11 Å². The third-order valence-corrected chi connectivity index (χ3v) is 3.66. The zero-order chi connectivity index (χ0) is 16.8. The number of aromatic nitrogens is 3. The van der Waals surface area contributed by atoms with E-state index in [1.165, 1.54) is 11.8 Å². The van der Waals surface area contributed by atoms with E-state index in [0.29, 0.717) is 17.0 Å². The summed E-state index contributed by atoms with van der Waals surface area (Å²) in [6.07, 6.45) is -4.48. The summed E-state index contributed by atoms with van der Waals surface area (Å²) in [5.74, 6) is 0.627. The van der Waals surface area contributed by atoms with Crippen LogP contribution in [0.25, 0.3) is 22.3 Å². The summed E-state index contributed by atoms with van der Waals surface area (Å²) in [5, 5.41) is 4.10. The SMILES string of the molecule is COc1ccc(-c2cc(C(F)(F)F)c3c(C)nn(C)c3n2)cc1. The molecule has 0 radical (unpaired) electrons. The van der Waals surface area contributed by atoms with Gasteiger partial charge in [-0.15, -0.1) is 0 Å². The maximum absolute atomic E-state index is 13.4. The van der Waals surface area contributed by atoms with E-state index in [1.54, 1.807) is 38.2 Å². The first-order valence-corrected chi connectivity index (χ1v) is 6.87. The van der Waals surface area contributed by atoms with Gasteiger partial charge < -0.3 is 4.74 Å². The summed E-state index contributed by atoms with van der Waals surface area (Å²) >= 11 is 0. The monoisotopic (exact) mass is 321 g/mol. The fourth-order valence-electron chi connectivity index (χ4n) is 2.58. The molecule has 3 rings (SSSR count). The highest BCUT2D eigenvalue weighted by Gasteiger charge is 2.35. The van der Waals surface area contributed by atoms with Crippen molar-refractivity contribution in [1.29, 1.82) is 0 Å². The third-order valence-electron chi connectivity index (χ3n) is 3.66. The van der Waals surface area contributed by atoms with Gasteiger partial charge in [-0.1, -0.05) is 0 Å². The molecule has 0 aliphatic rings. The minimum Gasteiger partial charge on any atom is -0.497 e. The number of pyridine rings is 1. The van der Waals surface area contributed by atoms with Crippen LogP contribution in [0, 0.1) is 6.92 Å². The molecular formula is C16H14F3N3O. The molecule has 0 N–H and O–H groups in total. The van der Waals surface area contributed by atoms with Gasteiger partial charge in [0.1, 0.15) is 5.75 Å². The van der Waals surface area contributed by atoms with Crippen molar-refractivity contribution in [3.8, 4) is 17.0 Å². The number of aryl methyl sites for hydroxylation is 2. The third kappa shape index (κ3) is 2.62. The molecule has 0 amide bonds. The van der Waals surface area contributed by atoms with Crippen LogP contribution in [-0.4, -0.2) is 21.9 Å². The van der Waals surface area contributed by atoms with E-state index in [2.05, 4.69) is 10.1 Å². The Morgan fingerprint density at radius 2 is 1.78 bits per heavy atom. The van der Waals surface area contributed by atoms with Crippen LogP contribution in [0.3, 0.4) is 0 Å². The molecule has 0 aliphatic heterocycles. The molecule has 2 aromatic heterocycles. The smallest absolute Gasteiger partial charge is 0.417 e. The molecule has 0 saturated heterocycles. The van der Waals surface area contributed by atoms with E-state index in [1.807, 2.05) is 0 Å². The fourth-order valence-corrected chi connectivity index (χ4v) is 2.58. The number of ether oxygens (including phenoxy) is 1. The van der Waals surface area contributed by atoms with E-state index in [0.717, 1.165) is 6.07 Å². The molecule has 0 saturated carbocycles. The zero-order valence-electron chi connectivity index (χ0n) is 12.8. The molecule has 3 aromatic rings. The molecule has 0 fully saturated rings. The van der Waals surface area contributed by atoms with Crippen LogP contribution in [0.1, 0.15) is 11.3 Å². The standard InChI is InChI=1S/C16H14F3N3O/c1-9-14-12(16(17,18)19)8-13(20-15(14)22(2)21-9)10-4-6-11(23-3)7-5-10/h4-8H,1-3H3. The lowest BCUT2D eigenvalue weighted by molar-refractivity contribution is -0.136. The molecule has 23 heavy (non-hydrogen) atoms. The van der Waals surface area contributed by atoms with Gasteiger partial charge in [-0.05, 0) is 37.3 Å². The molecule has 0 atom stereocenters. The van der Waals surface area contributed by atoms with Crippen LogP contribution in [0.5, 0.6) is 5.75 Å². The summed E-state index contributed by atoms with van der Waals surface area (Å²) in [4.78, 5) is 4.36. The minimum absolute atomic E-state index is 0.0391. The van der Waals surface area contributed by atoms with E-state index >= 15 is 0 Å². The number of nitrogens with zero attached hydrogens (tertiary/aromatic N) is 3. The van der Waals surface area contributed by atoms with E-state index in [-0.39, 0.29) is 16.7 Å². The summed E-state index contributed by atoms with van der Waals surface area (Å²) in [6.45, 7) is 1.55. The maximum Gasteiger partial charge on any atom is 0.417 e. The average molecular weight is 321 g/mol. The van der Waals surface area contributed by atoms with Crippen LogP contribution < -0.4 is 4.74 Å². The number of benzene rings is 1. The Morgan fingerprint density at radius 3 is 2.35 bits per heavy atom. The number of methoxy groups -OCH3 is 1. The maximum atomic E-state index is 13.4. The Hall–Kier alpha value is -2.57. The van der Waals surface area contributed by atoms with Crippen LogP contribution in [0.15, 0.2) is 30.3 Å². The Labute approximate surface area is 130 Å². The van der Waals surface area contributed by atoms with Crippen LogP contribution >= 0.6 is 0 Å². The number of alkyl halides is 3. The molecule has 0 unspecified atom stereocenters. The van der Waals surface area contributed by atoms with Crippen LogP contribution in [0.2, 0.25) is 0 Å². The lowest BCUT2D eigenvalue weighted by Crippen LogP contribution is -2.07. The van der Waals surface area contributed by atoms with E-state index < -0.39 is 11.7 Å². The topological polar surface area (TPSA) is 39.9 Å². The highest BCUT2D eigenvalue weighted by atomic mass is 19.4. The molecule has 120 valence electrons. The van der Waals surface area contributed by atoms with Crippen molar-refractivity contribution in [2.24, 2.45) is 7.05 Å². The average Bonchev–Trinajstić information content (AvgIpc) is 2.80. The lowest BCUT2D eigenvalue weighted by atomic mass is 10.1. The molecule has 0 aliphatic carbocycles. The largest absolute Gasteiger partial charge is 0.497 e. The fraction of sp³-hybridized carbons (Fsp3) is 0.250. The van der Waals surface area contributed by atoms with Crippen molar-refractivity contribution in [3.63, 3.8) is 0 Å². The van der Waals surface area contributed by atoms with Gasteiger partial charge in [0.15, 0.2) is 5.65 Å². The summed E-state index contributed by atoms with van der Waals surface area (Å²) in [6, 6.07) is 7.79. The van der Waals surface area contributed by atoms with Crippen molar-refractivity contribution in [3.05, 3.63) is 41.6 Å². The van der Waals surface area contributed by atoms with Crippen molar-refractivity contribution in [2.45, 2.75) is 13.1 Å². The quantitative estimate of drug-likeness (QED) is 0.717. The predicted molar refractivity (Wildman–Crippen MR) is 80.2 cm³/mol. The van der Waals surface area contributed by atoms with E-state index in [9.17, 15) is 13.2 Å². The predicted octanol–water partition coefficient (Wildman–Crippen LogP) is 3.97. The van der Waals surface area contributed by atoms with Gasteiger partial charge in [-0.2, -0.15) is 18.3 Å². The van der Waals surface area contributed by atoms with E-state index in [4.69, 9.17) is 4.74 Å². The molecule has 0 bridgehead atoms. The van der Waals surface area contributed by atoms with Gasteiger partial charge >= 0.3 is 6.18 Å². The van der Waals surface area contributed by atoms with Gasteiger partial charge in [0.25, 0.3) is 0 Å². The van der Waals surface area contributed by atoms with Gasteiger partial charge in [0, 0.05) is 12.6 Å². The molecule has 4 nitrogen and oxygen atoms in total. The number of rotatable bonds is 2. The van der Waals surface area contributed by atoms with Crippen LogP contribution in [0.4, 0.5) is 13.2 Å². The van der Waals surface area contributed by atoms with Gasteiger partial charge in [0.05, 0.1) is 29.4 Å². The Morgan fingerprint density at radius 1 is 1.13 bits per heavy atom. The first-order chi connectivity index (χ1) is 10.8. The zero-order valence-corrected chi connectivity index (χ0v) is 12.8. The summed E-state index contributed by atoms with van der Waals surface area (Å²) in [5.41, 5.74) is 0.623.